The fourth-order valence-electron chi connectivity index (χ4n) is 3.36. The van der Waals surface area contributed by atoms with Gasteiger partial charge >= 0.3 is 5.97 Å². The third-order valence-corrected chi connectivity index (χ3v) is 5.42. The Morgan fingerprint density at radius 1 is 1.12 bits per heavy atom. The van der Waals surface area contributed by atoms with E-state index in [9.17, 15) is 14.4 Å². The summed E-state index contributed by atoms with van der Waals surface area (Å²) >= 11 is 0. The van der Waals surface area contributed by atoms with Crippen LogP contribution >= 0.6 is 0 Å². The summed E-state index contributed by atoms with van der Waals surface area (Å²) < 4.78 is 6.63. The second-order valence-electron chi connectivity index (χ2n) is 8.24. The first-order chi connectivity index (χ1) is 19.3. The number of aliphatic carboxylic acids is 1. The molecule has 13 heteroatoms. The van der Waals surface area contributed by atoms with E-state index in [4.69, 9.17) is 20.7 Å². The predicted octanol–water partition coefficient (Wildman–Crippen LogP) is 2.18. The molecule has 2 aromatic carbocycles. The molecule has 0 spiro atoms. The monoisotopic (exact) mass is 547 g/mol. The van der Waals surface area contributed by atoms with Gasteiger partial charge in [0.05, 0.1) is 31.8 Å². The molecule has 0 saturated carbocycles. The van der Waals surface area contributed by atoms with Crippen LogP contribution in [0.5, 0.6) is 0 Å². The van der Waals surface area contributed by atoms with E-state index < -0.39 is 11.9 Å². The Kier molecular flexibility index (Phi) is 10.8. The number of imidazole rings is 2. The summed E-state index contributed by atoms with van der Waals surface area (Å²) in [6.07, 6.45) is 6.52. The van der Waals surface area contributed by atoms with Gasteiger partial charge in [0.1, 0.15) is 6.73 Å². The lowest BCUT2D eigenvalue weighted by molar-refractivity contribution is -0.138. The van der Waals surface area contributed by atoms with E-state index in [-0.39, 0.29) is 42.8 Å². The highest BCUT2D eigenvalue weighted by Crippen LogP contribution is 2.19. The number of aromatic amines is 2. The lowest BCUT2D eigenvalue weighted by Gasteiger charge is -2.08. The van der Waals surface area contributed by atoms with Crippen molar-refractivity contribution in [2.75, 3.05) is 18.9 Å². The van der Waals surface area contributed by atoms with E-state index in [2.05, 4.69) is 24.9 Å². The quantitative estimate of drug-likeness (QED) is 0.141. The van der Waals surface area contributed by atoms with Crippen LogP contribution in [0.2, 0.25) is 0 Å². The molecule has 0 aliphatic carbocycles. The number of aliphatic hydroxyl groups excluding tert-OH is 1. The number of H-pyrrole nitrogens is 2. The molecule has 1 unspecified atom stereocenters. The smallest absolute Gasteiger partial charge is 0.310 e. The predicted molar refractivity (Wildman–Crippen MR) is 147 cm³/mol. The van der Waals surface area contributed by atoms with Crippen molar-refractivity contribution >= 4 is 28.9 Å². The van der Waals surface area contributed by atoms with E-state index >= 15 is 0 Å². The van der Waals surface area contributed by atoms with Crippen molar-refractivity contribution in [1.82, 2.24) is 29.5 Å². The number of fused-ring (bicyclic) bond motifs is 1. The Morgan fingerprint density at radius 2 is 1.88 bits per heavy atom. The maximum atomic E-state index is 12.2. The molecule has 0 saturated heterocycles. The Morgan fingerprint density at radius 3 is 2.50 bits per heavy atom. The summed E-state index contributed by atoms with van der Waals surface area (Å²) in [4.78, 5) is 51.2. The SMILES string of the molecule is CC(C(=O)O)c1cccc(C(=O)c2ccccc2)c1.Nc1nc2c(ncn2COCCO)c(=O)[nH]1.c1c[nH]cn1. The summed E-state index contributed by atoms with van der Waals surface area (Å²) in [7, 11) is 0. The first kappa shape index (κ1) is 29.4. The number of nitrogens with zero attached hydrogens (tertiary/aromatic N) is 4. The van der Waals surface area contributed by atoms with Gasteiger partial charge in [0.25, 0.3) is 5.56 Å². The lowest BCUT2D eigenvalue weighted by Crippen LogP contribution is -2.13. The van der Waals surface area contributed by atoms with Crippen LogP contribution in [0.1, 0.15) is 34.3 Å². The van der Waals surface area contributed by atoms with Gasteiger partial charge in [-0.1, -0.05) is 48.5 Å². The number of carboxylic acid groups (broad SMARTS) is 1. The Labute approximate surface area is 228 Å². The highest BCUT2D eigenvalue weighted by atomic mass is 16.5. The number of carbonyl (C=O) groups excluding carboxylic acids is 1. The van der Waals surface area contributed by atoms with Gasteiger partial charge in [0.15, 0.2) is 16.9 Å². The number of hydrogen-bond donors (Lipinski definition) is 5. The number of nitrogens with one attached hydrogen (secondary N) is 2. The summed E-state index contributed by atoms with van der Waals surface area (Å²) in [6.45, 7) is 1.91. The molecule has 5 rings (SSSR count). The minimum absolute atomic E-state index is 0.0291. The standard InChI is InChI=1S/C16H14O3.C8H11N5O3.C3H4N2/c1-11(16(18)19)13-8-5-9-14(10-13)15(17)12-6-3-2-4-7-12;9-8-11-6-5(7(15)12-8)10-3-13(6)4-16-2-1-14;1-2-5-3-4-1/h2-11H,1H3,(H,18,19);3,14H,1-2,4H2,(H3,9,11,12,15);1-3H,(H,4,5). The first-order valence-electron chi connectivity index (χ1n) is 12.1. The van der Waals surface area contributed by atoms with Crippen molar-refractivity contribution in [3.05, 3.63) is 107 Å². The van der Waals surface area contributed by atoms with Gasteiger partial charge in [0, 0.05) is 23.5 Å². The Bertz CT molecular complexity index is 1550. The number of hydrogen-bond acceptors (Lipinski definition) is 9. The van der Waals surface area contributed by atoms with E-state index in [0.717, 1.165) is 0 Å². The lowest BCUT2D eigenvalue weighted by atomic mass is 9.96. The fourth-order valence-corrected chi connectivity index (χ4v) is 3.36. The molecular weight excluding hydrogens is 518 g/mol. The number of aromatic nitrogens is 6. The van der Waals surface area contributed by atoms with Crippen LogP contribution in [-0.2, 0) is 16.3 Å². The molecule has 5 aromatic rings. The van der Waals surface area contributed by atoms with Crippen LogP contribution in [0.4, 0.5) is 5.95 Å². The molecular formula is C27H29N7O6. The molecule has 0 aliphatic heterocycles. The van der Waals surface area contributed by atoms with E-state index in [0.29, 0.717) is 22.3 Å². The number of ether oxygens (including phenoxy) is 1. The van der Waals surface area contributed by atoms with E-state index in [1.165, 1.54) is 10.9 Å². The Balaban J connectivity index is 0.000000189. The number of anilines is 1. The minimum atomic E-state index is -0.899. The first-order valence-corrected chi connectivity index (χ1v) is 12.1. The second-order valence-corrected chi connectivity index (χ2v) is 8.24. The zero-order chi connectivity index (χ0) is 28.9. The number of nitrogen functional groups attached to an aromatic ring is 1. The molecule has 3 heterocycles. The van der Waals surface area contributed by atoms with Crippen molar-refractivity contribution in [3.63, 3.8) is 0 Å². The fraction of sp³-hybridized carbons (Fsp3) is 0.185. The number of ketones is 1. The second kappa shape index (κ2) is 14.7. The summed E-state index contributed by atoms with van der Waals surface area (Å²) in [6, 6.07) is 15.7. The van der Waals surface area contributed by atoms with Gasteiger partial charge in [-0.15, -0.1) is 0 Å². The molecule has 0 radical (unpaired) electrons. The normalized spacial score (nSPS) is 11.1. The summed E-state index contributed by atoms with van der Waals surface area (Å²) in [5.74, 6) is -1.59. The third kappa shape index (κ3) is 8.18. The third-order valence-electron chi connectivity index (χ3n) is 5.42. The van der Waals surface area contributed by atoms with Crippen LogP contribution < -0.4 is 11.3 Å². The summed E-state index contributed by atoms with van der Waals surface area (Å²) in [5.41, 5.74) is 7.35. The van der Waals surface area contributed by atoms with E-state index in [1.54, 1.807) is 74.2 Å². The molecule has 0 amide bonds. The average Bonchev–Trinajstić information content (AvgIpc) is 3.68. The molecule has 40 heavy (non-hydrogen) atoms. The minimum Gasteiger partial charge on any atom is -0.481 e. The number of nitrogens with two attached hydrogens (primary N) is 1. The molecule has 208 valence electrons. The molecule has 1 atom stereocenters. The van der Waals surface area contributed by atoms with Crippen LogP contribution in [0.25, 0.3) is 11.2 Å². The van der Waals surface area contributed by atoms with Crippen LogP contribution in [-0.4, -0.2) is 64.7 Å². The van der Waals surface area contributed by atoms with E-state index in [1.807, 2.05) is 6.07 Å². The number of aliphatic hydroxyl groups is 1. The topological polar surface area (TPSA) is 202 Å². The van der Waals surface area contributed by atoms with Crippen molar-refractivity contribution in [2.45, 2.75) is 19.6 Å². The van der Waals surface area contributed by atoms with Crippen molar-refractivity contribution in [1.29, 1.82) is 0 Å². The maximum absolute atomic E-state index is 12.2. The molecule has 0 fully saturated rings. The average molecular weight is 548 g/mol. The molecule has 6 N–H and O–H groups in total. The van der Waals surface area contributed by atoms with Crippen LogP contribution in [0.15, 0.2) is 84.4 Å². The van der Waals surface area contributed by atoms with Gasteiger partial charge in [-0.2, -0.15) is 4.98 Å². The molecule has 3 aromatic heterocycles. The van der Waals surface area contributed by atoms with Crippen molar-refractivity contribution < 1.29 is 24.5 Å². The van der Waals surface area contributed by atoms with Crippen molar-refractivity contribution in [3.8, 4) is 0 Å². The number of benzene rings is 2. The number of carboxylic acids is 1. The van der Waals surface area contributed by atoms with Gasteiger partial charge in [-0.05, 0) is 18.6 Å². The Hall–Kier alpha value is -5.14. The van der Waals surface area contributed by atoms with Gasteiger partial charge in [0.2, 0.25) is 5.95 Å². The highest BCUT2D eigenvalue weighted by molar-refractivity contribution is 6.09. The molecule has 0 aliphatic rings. The largest absolute Gasteiger partial charge is 0.481 e. The highest BCUT2D eigenvalue weighted by Gasteiger charge is 2.16. The zero-order valence-corrected chi connectivity index (χ0v) is 21.6. The maximum Gasteiger partial charge on any atom is 0.310 e. The molecule has 13 nitrogen and oxygen atoms in total. The van der Waals surface area contributed by atoms with Crippen molar-refractivity contribution in [2.24, 2.45) is 0 Å². The molecule has 0 bridgehead atoms. The van der Waals surface area contributed by atoms with Crippen LogP contribution in [0, 0.1) is 0 Å². The zero-order valence-electron chi connectivity index (χ0n) is 21.6. The van der Waals surface area contributed by atoms with Gasteiger partial charge in [-0.3, -0.25) is 23.9 Å². The van der Waals surface area contributed by atoms with Crippen LogP contribution in [0.3, 0.4) is 0 Å². The summed E-state index contributed by atoms with van der Waals surface area (Å²) in [5, 5.41) is 17.6. The number of carbonyl (C=O) groups is 2. The number of rotatable bonds is 8. The van der Waals surface area contributed by atoms with Gasteiger partial charge in [-0.25, -0.2) is 9.97 Å². The van der Waals surface area contributed by atoms with Gasteiger partial charge < -0.3 is 25.7 Å².